The van der Waals surface area contributed by atoms with Crippen LogP contribution in [0.5, 0.6) is 0 Å². The van der Waals surface area contributed by atoms with Crippen LogP contribution < -0.4 is 5.01 Å². The van der Waals surface area contributed by atoms with Gasteiger partial charge in [-0.1, -0.05) is 60.2 Å². The zero-order valence-electron chi connectivity index (χ0n) is 19.8. The highest BCUT2D eigenvalue weighted by Gasteiger charge is 2.45. The molecule has 2 aliphatic carbocycles. The van der Waals surface area contributed by atoms with Gasteiger partial charge in [-0.15, -0.1) is 0 Å². The van der Waals surface area contributed by atoms with E-state index in [0.29, 0.717) is 12.1 Å². The molecule has 0 spiro atoms. The lowest BCUT2D eigenvalue weighted by Gasteiger charge is -2.28. The Morgan fingerprint density at radius 2 is 1.58 bits per heavy atom. The van der Waals surface area contributed by atoms with Crippen molar-refractivity contribution in [1.82, 2.24) is 0 Å². The first kappa shape index (κ1) is 23.0. The summed E-state index contributed by atoms with van der Waals surface area (Å²) in [7, 11) is 0. The molecule has 6 heteroatoms. The number of benzene rings is 3. The van der Waals surface area contributed by atoms with Gasteiger partial charge in [0.15, 0.2) is 0 Å². The van der Waals surface area contributed by atoms with Crippen LogP contribution in [0.25, 0.3) is 17.2 Å². The number of fused-ring (bicyclic) bond motifs is 5. The Hall–Kier alpha value is -3.38. The van der Waals surface area contributed by atoms with Crippen LogP contribution in [0.15, 0.2) is 71.3 Å². The predicted molar refractivity (Wildman–Crippen MR) is 135 cm³/mol. The first-order valence-electron chi connectivity index (χ1n) is 12.4. The lowest BCUT2D eigenvalue weighted by Crippen LogP contribution is -2.30. The molecule has 0 fully saturated rings. The van der Waals surface area contributed by atoms with Gasteiger partial charge in [0.1, 0.15) is 12.3 Å². The summed E-state index contributed by atoms with van der Waals surface area (Å²) in [5.41, 5.74) is 9.17. The zero-order valence-corrected chi connectivity index (χ0v) is 19.8. The number of halogens is 3. The Bertz CT molecular complexity index is 1370. The van der Waals surface area contributed by atoms with E-state index in [0.717, 1.165) is 53.5 Å². The van der Waals surface area contributed by atoms with Crippen LogP contribution in [0.3, 0.4) is 0 Å². The van der Waals surface area contributed by atoms with Crippen LogP contribution in [0.4, 0.5) is 18.9 Å². The molecule has 0 N–H and O–H groups in total. The average Bonchev–Trinajstić information content (AvgIpc) is 3.32. The molecule has 0 saturated heterocycles. The molecule has 3 nitrogen and oxygen atoms in total. The van der Waals surface area contributed by atoms with Crippen molar-refractivity contribution < 1.29 is 18.3 Å². The maximum absolute atomic E-state index is 13.9. The van der Waals surface area contributed by atoms with Crippen LogP contribution >= 0.6 is 0 Å². The maximum Gasteiger partial charge on any atom is 0.431 e. The molecule has 1 heterocycles. The van der Waals surface area contributed by atoms with E-state index in [1.54, 1.807) is 12.1 Å². The summed E-state index contributed by atoms with van der Waals surface area (Å²) in [6.07, 6.45) is 1.34. The van der Waals surface area contributed by atoms with Crippen molar-refractivity contribution in [1.29, 1.82) is 0 Å². The standard InChI is InChI=1S/C30H26F3N2O/c31-30(32,33)29-22(17-35(34-29)23-6-2-1-3-7-23)16-19-9-11-24-20(15-19)10-12-28-26-8-4-5-21(18-36)25(26)13-14-27(24)28/h1-8,10,12,15,22H,9,11,13-14,16-18H2. The van der Waals surface area contributed by atoms with Crippen molar-refractivity contribution in [3.05, 3.63) is 94.1 Å². The van der Waals surface area contributed by atoms with E-state index >= 15 is 0 Å². The highest BCUT2D eigenvalue weighted by Crippen LogP contribution is 2.42. The van der Waals surface area contributed by atoms with Crippen LogP contribution in [-0.4, -0.2) is 18.4 Å². The quantitative estimate of drug-likeness (QED) is 0.385. The van der Waals surface area contributed by atoms with Gasteiger partial charge in [0.25, 0.3) is 0 Å². The number of hydrogen-bond donors (Lipinski definition) is 0. The minimum Gasteiger partial charge on any atom is -0.265 e. The molecule has 0 saturated carbocycles. The molecule has 3 aromatic rings. The molecule has 3 aliphatic rings. The van der Waals surface area contributed by atoms with Crippen molar-refractivity contribution >= 4 is 17.5 Å². The molecule has 1 radical (unpaired) electrons. The number of alkyl halides is 3. The number of hydrogen-bond acceptors (Lipinski definition) is 2. The monoisotopic (exact) mass is 487 g/mol. The van der Waals surface area contributed by atoms with E-state index in [1.807, 2.05) is 30.3 Å². The van der Waals surface area contributed by atoms with E-state index in [4.69, 9.17) is 0 Å². The summed E-state index contributed by atoms with van der Waals surface area (Å²) in [5, 5.41) is 17.1. The van der Waals surface area contributed by atoms with Crippen molar-refractivity contribution in [3.63, 3.8) is 0 Å². The van der Waals surface area contributed by atoms with Gasteiger partial charge in [0.05, 0.1) is 12.2 Å². The third kappa shape index (κ3) is 4.03. The number of para-hydroxylation sites is 1. The molecule has 3 aromatic carbocycles. The molecular formula is C30H26F3N2O. The lowest BCUT2D eigenvalue weighted by atomic mass is 9.77. The molecule has 6 rings (SSSR count). The number of anilines is 1. The van der Waals surface area contributed by atoms with Gasteiger partial charge in [-0.2, -0.15) is 18.3 Å². The largest absolute Gasteiger partial charge is 0.431 e. The van der Waals surface area contributed by atoms with Gasteiger partial charge < -0.3 is 0 Å². The summed E-state index contributed by atoms with van der Waals surface area (Å²) in [6, 6.07) is 19.2. The molecule has 183 valence electrons. The van der Waals surface area contributed by atoms with E-state index in [1.165, 1.54) is 21.7 Å². The molecule has 0 aromatic heterocycles. The Kier molecular flexibility index (Phi) is 5.72. The molecule has 0 amide bonds. The van der Waals surface area contributed by atoms with Crippen LogP contribution in [0.1, 0.15) is 40.7 Å². The minimum atomic E-state index is -4.45. The van der Waals surface area contributed by atoms with Gasteiger partial charge in [0.2, 0.25) is 0 Å². The van der Waals surface area contributed by atoms with Crippen LogP contribution in [-0.2, 0) is 31.0 Å². The van der Waals surface area contributed by atoms with Gasteiger partial charge in [0, 0.05) is 5.92 Å². The smallest absolute Gasteiger partial charge is 0.265 e. The normalized spacial score (nSPS) is 18.8. The lowest BCUT2D eigenvalue weighted by molar-refractivity contribution is -0.0619. The van der Waals surface area contributed by atoms with Crippen molar-refractivity contribution in [3.8, 4) is 11.1 Å². The van der Waals surface area contributed by atoms with Crippen LogP contribution in [0, 0.1) is 5.92 Å². The summed E-state index contributed by atoms with van der Waals surface area (Å²) in [6.45, 7) is 0.0215. The topological polar surface area (TPSA) is 35.5 Å². The number of allylic oxidation sites excluding steroid dienone is 1. The molecule has 1 aliphatic heterocycles. The van der Waals surface area contributed by atoms with Crippen molar-refractivity contribution in [2.45, 2.75) is 44.9 Å². The van der Waals surface area contributed by atoms with Crippen molar-refractivity contribution in [2.75, 3.05) is 11.6 Å². The summed E-state index contributed by atoms with van der Waals surface area (Å²) < 4.78 is 41.6. The van der Waals surface area contributed by atoms with Crippen molar-refractivity contribution in [2.24, 2.45) is 11.0 Å². The fourth-order valence-electron chi connectivity index (χ4n) is 6.06. The Morgan fingerprint density at radius 1 is 0.833 bits per heavy atom. The summed E-state index contributed by atoms with van der Waals surface area (Å²) in [5.74, 6) is -0.687. The molecule has 1 atom stereocenters. The third-order valence-corrected chi connectivity index (χ3v) is 7.73. The number of rotatable bonds is 4. The maximum atomic E-state index is 13.9. The Morgan fingerprint density at radius 3 is 2.36 bits per heavy atom. The number of nitrogens with zero attached hydrogens (tertiary/aromatic N) is 2. The second-order valence-corrected chi connectivity index (χ2v) is 9.85. The van der Waals surface area contributed by atoms with Gasteiger partial charge in [-0.05, 0) is 83.2 Å². The first-order chi connectivity index (χ1) is 17.4. The fraction of sp³-hybridized carbons (Fsp3) is 0.300. The van der Waals surface area contributed by atoms with Gasteiger partial charge in [-0.25, -0.2) is 5.11 Å². The van der Waals surface area contributed by atoms with E-state index in [9.17, 15) is 18.3 Å². The van der Waals surface area contributed by atoms with Gasteiger partial charge in [-0.3, -0.25) is 5.01 Å². The second-order valence-electron chi connectivity index (χ2n) is 9.85. The van der Waals surface area contributed by atoms with E-state index in [-0.39, 0.29) is 13.2 Å². The van der Waals surface area contributed by atoms with E-state index < -0.39 is 17.8 Å². The average molecular weight is 488 g/mol. The summed E-state index contributed by atoms with van der Waals surface area (Å²) in [4.78, 5) is 0. The molecule has 36 heavy (non-hydrogen) atoms. The SMILES string of the molecule is [O]Cc1cccc2c1CCc1c-2ccc2c1CCC(CC1CN(c3ccccc3)N=C1C(F)(F)F)=C2. The molecule has 1 unspecified atom stereocenters. The highest BCUT2D eigenvalue weighted by molar-refractivity contribution is 5.95. The highest BCUT2D eigenvalue weighted by atomic mass is 19.4. The van der Waals surface area contributed by atoms with Crippen LogP contribution in [0.2, 0.25) is 0 Å². The predicted octanol–water partition coefficient (Wildman–Crippen LogP) is 7.16. The van der Waals surface area contributed by atoms with E-state index in [2.05, 4.69) is 29.4 Å². The summed E-state index contributed by atoms with van der Waals surface area (Å²) >= 11 is 0. The zero-order chi connectivity index (χ0) is 24.9. The molecule has 0 bridgehead atoms. The Balaban J connectivity index is 1.28. The first-order valence-corrected chi connectivity index (χ1v) is 12.4. The second kappa shape index (κ2) is 8.93. The third-order valence-electron chi connectivity index (χ3n) is 7.73. The van der Waals surface area contributed by atoms with Gasteiger partial charge >= 0.3 is 6.18 Å². The number of hydrazone groups is 1. The minimum absolute atomic E-state index is 0.207. The molecular weight excluding hydrogens is 461 g/mol. The fourth-order valence-corrected chi connectivity index (χ4v) is 6.06. The Labute approximate surface area is 208 Å².